The molecule has 1 amide bonds. The Morgan fingerprint density at radius 2 is 2.19 bits per heavy atom. The van der Waals surface area contributed by atoms with E-state index in [2.05, 4.69) is 0 Å². The summed E-state index contributed by atoms with van der Waals surface area (Å²) in [6.45, 7) is 0.664. The molecular weight excluding hydrogens is 372 g/mol. The topological polar surface area (TPSA) is 110 Å². The largest absolute Gasteiger partial charge is 0.490 e. The van der Waals surface area contributed by atoms with Gasteiger partial charge in [-0.1, -0.05) is 6.07 Å². The summed E-state index contributed by atoms with van der Waals surface area (Å²) in [5.74, 6) is 0.106. The van der Waals surface area contributed by atoms with Gasteiger partial charge in [-0.15, -0.1) is 11.8 Å². The number of carbonyl (C=O) groups excluding carboxylic acids is 1. The fraction of sp³-hybridized carbons (Fsp3) is 0.556. The fourth-order valence-corrected chi connectivity index (χ4v) is 4.08. The van der Waals surface area contributed by atoms with Crippen LogP contribution < -0.4 is 4.74 Å². The number of carbonyl (C=O) groups is 2. The number of benzene rings is 1. The number of ether oxygens (including phenoxy) is 1. The van der Waals surface area contributed by atoms with Crippen molar-refractivity contribution in [2.24, 2.45) is 0 Å². The zero-order valence-electron chi connectivity index (χ0n) is 15.3. The Balaban J connectivity index is 1.90. The number of aliphatic carboxylic acids is 1. The number of piperidine rings is 1. The van der Waals surface area contributed by atoms with Crippen LogP contribution in [0.3, 0.4) is 0 Å². The van der Waals surface area contributed by atoms with E-state index in [1.165, 1.54) is 24.9 Å². The van der Waals surface area contributed by atoms with Crippen LogP contribution in [-0.2, 0) is 15.3 Å². The first-order chi connectivity index (χ1) is 12.9. The highest BCUT2D eigenvalue weighted by Gasteiger charge is 2.26. The Labute approximate surface area is 162 Å². The summed E-state index contributed by atoms with van der Waals surface area (Å²) >= 11 is 1.40. The molecule has 1 fully saturated rings. The summed E-state index contributed by atoms with van der Waals surface area (Å²) in [6, 6.07) is 4.76. The van der Waals surface area contributed by atoms with Crippen molar-refractivity contribution in [3.63, 3.8) is 0 Å². The van der Waals surface area contributed by atoms with E-state index >= 15 is 0 Å². The molecule has 2 rings (SSSR count). The van der Waals surface area contributed by atoms with Crippen LogP contribution in [0.2, 0.25) is 0 Å². The highest BCUT2D eigenvalue weighted by Crippen LogP contribution is 2.29. The highest BCUT2D eigenvalue weighted by atomic mass is 32.2. The highest BCUT2D eigenvalue weighted by molar-refractivity contribution is 7.99. The van der Waals surface area contributed by atoms with Crippen molar-refractivity contribution in [3.8, 4) is 5.75 Å². The molecule has 27 heavy (non-hydrogen) atoms. The van der Waals surface area contributed by atoms with Crippen LogP contribution in [0.25, 0.3) is 0 Å². The van der Waals surface area contributed by atoms with Crippen molar-refractivity contribution in [2.75, 3.05) is 19.4 Å². The van der Waals surface area contributed by atoms with Crippen LogP contribution in [0.1, 0.15) is 37.7 Å². The van der Waals surface area contributed by atoms with Crippen molar-refractivity contribution in [2.45, 2.75) is 43.9 Å². The molecule has 1 saturated heterocycles. The number of nitro groups is 1. The predicted molar refractivity (Wildman–Crippen MR) is 102 cm³/mol. The zero-order chi connectivity index (χ0) is 19.8. The van der Waals surface area contributed by atoms with Crippen molar-refractivity contribution in [1.82, 2.24) is 4.90 Å². The molecule has 1 aliphatic rings. The number of hydrogen-bond acceptors (Lipinski definition) is 6. The summed E-state index contributed by atoms with van der Waals surface area (Å²) in [4.78, 5) is 35.8. The van der Waals surface area contributed by atoms with E-state index in [-0.39, 0.29) is 35.6 Å². The van der Waals surface area contributed by atoms with Crippen LogP contribution in [0.4, 0.5) is 5.69 Å². The van der Waals surface area contributed by atoms with E-state index < -0.39 is 10.9 Å². The van der Waals surface area contributed by atoms with Crippen molar-refractivity contribution in [3.05, 3.63) is 33.9 Å². The molecule has 1 aromatic carbocycles. The van der Waals surface area contributed by atoms with Crippen LogP contribution in [0.5, 0.6) is 5.75 Å². The standard InChI is InChI=1S/C18H24N2O6S/c1-26-16-7-5-13(10-15(16)20(24)25)11-27-12-17(21)19-9-3-2-4-14(19)6-8-18(22)23/h5,7,10,14H,2-4,6,8-9,11-12H2,1H3,(H,22,23). The Kier molecular flexibility index (Phi) is 7.90. The third-order valence-electron chi connectivity index (χ3n) is 4.57. The van der Waals surface area contributed by atoms with Gasteiger partial charge in [0.05, 0.1) is 17.8 Å². The van der Waals surface area contributed by atoms with E-state index in [4.69, 9.17) is 9.84 Å². The lowest BCUT2D eigenvalue weighted by Crippen LogP contribution is -2.44. The van der Waals surface area contributed by atoms with Gasteiger partial charge in [-0.25, -0.2) is 0 Å². The third-order valence-corrected chi connectivity index (χ3v) is 5.56. The molecule has 1 N–H and O–H groups in total. The Bertz CT molecular complexity index is 696. The summed E-state index contributed by atoms with van der Waals surface area (Å²) < 4.78 is 4.98. The Morgan fingerprint density at radius 1 is 1.41 bits per heavy atom. The lowest BCUT2D eigenvalue weighted by Gasteiger charge is -2.35. The van der Waals surface area contributed by atoms with Gasteiger partial charge in [0.25, 0.3) is 0 Å². The number of thioether (sulfide) groups is 1. The zero-order valence-corrected chi connectivity index (χ0v) is 16.1. The quantitative estimate of drug-likeness (QED) is 0.504. The second-order valence-electron chi connectivity index (χ2n) is 6.43. The molecule has 0 bridgehead atoms. The molecule has 9 heteroatoms. The second-order valence-corrected chi connectivity index (χ2v) is 7.41. The van der Waals surface area contributed by atoms with E-state index in [0.29, 0.717) is 18.7 Å². The Morgan fingerprint density at radius 3 is 2.85 bits per heavy atom. The number of carboxylic acid groups (broad SMARTS) is 1. The maximum Gasteiger partial charge on any atom is 0.311 e. The molecule has 1 aliphatic heterocycles. The number of amides is 1. The molecule has 1 unspecified atom stereocenters. The van der Waals surface area contributed by atoms with Gasteiger partial charge in [0.2, 0.25) is 5.91 Å². The van der Waals surface area contributed by atoms with Gasteiger partial charge >= 0.3 is 11.7 Å². The van der Waals surface area contributed by atoms with Crippen molar-refractivity contribution >= 4 is 29.3 Å². The molecule has 1 aromatic rings. The average Bonchev–Trinajstić information content (AvgIpc) is 2.66. The average molecular weight is 396 g/mol. The van der Waals surface area contributed by atoms with E-state index in [9.17, 15) is 19.7 Å². The summed E-state index contributed by atoms with van der Waals surface area (Å²) in [5.41, 5.74) is 0.660. The second kappa shape index (κ2) is 10.1. The van der Waals surface area contributed by atoms with Gasteiger partial charge in [0.15, 0.2) is 5.75 Å². The lowest BCUT2D eigenvalue weighted by atomic mass is 9.98. The van der Waals surface area contributed by atoms with E-state index in [1.807, 2.05) is 0 Å². The summed E-state index contributed by atoms with van der Waals surface area (Å²) in [7, 11) is 1.38. The van der Waals surface area contributed by atoms with Gasteiger partial charge in [-0.2, -0.15) is 0 Å². The van der Waals surface area contributed by atoms with Gasteiger partial charge in [0, 0.05) is 30.8 Å². The molecule has 1 heterocycles. The maximum atomic E-state index is 12.5. The minimum atomic E-state index is -0.844. The number of methoxy groups -OCH3 is 1. The number of nitro benzene ring substituents is 1. The number of rotatable bonds is 9. The summed E-state index contributed by atoms with van der Waals surface area (Å²) in [5, 5.41) is 20.0. The van der Waals surface area contributed by atoms with E-state index in [1.54, 1.807) is 17.0 Å². The van der Waals surface area contributed by atoms with Gasteiger partial charge in [0.1, 0.15) is 0 Å². The molecule has 0 aliphatic carbocycles. The Hall–Kier alpha value is -2.29. The minimum absolute atomic E-state index is 0.00176. The molecule has 0 radical (unpaired) electrons. The van der Waals surface area contributed by atoms with Crippen molar-refractivity contribution in [1.29, 1.82) is 0 Å². The number of carboxylic acids is 1. The fourth-order valence-electron chi connectivity index (χ4n) is 3.23. The van der Waals surface area contributed by atoms with Gasteiger partial charge in [-0.3, -0.25) is 19.7 Å². The first-order valence-corrected chi connectivity index (χ1v) is 9.98. The van der Waals surface area contributed by atoms with Crippen LogP contribution in [0.15, 0.2) is 18.2 Å². The number of nitrogens with zero attached hydrogens (tertiary/aromatic N) is 2. The molecular formula is C18H24N2O6S. The molecule has 148 valence electrons. The molecule has 8 nitrogen and oxygen atoms in total. The van der Waals surface area contributed by atoms with Crippen LogP contribution in [-0.4, -0.2) is 52.3 Å². The SMILES string of the molecule is COc1ccc(CSCC(=O)N2CCCCC2CCC(=O)O)cc1[N+](=O)[O-]. The first-order valence-electron chi connectivity index (χ1n) is 8.82. The number of likely N-dealkylation sites (tertiary alicyclic amines) is 1. The predicted octanol–water partition coefficient (Wildman–Crippen LogP) is 3.08. The monoisotopic (exact) mass is 396 g/mol. The van der Waals surface area contributed by atoms with Crippen LogP contribution >= 0.6 is 11.8 Å². The number of hydrogen-bond donors (Lipinski definition) is 1. The third kappa shape index (κ3) is 6.13. The summed E-state index contributed by atoms with van der Waals surface area (Å²) in [6.07, 6.45) is 3.34. The molecule has 0 saturated carbocycles. The van der Waals surface area contributed by atoms with Crippen LogP contribution in [0, 0.1) is 10.1 Å². The van der Waals surface area contributed by atoms with Crippen molar-refractivity contribution < 1.29 is 24.4 Å². The van der Waals surface area contributed by atoms with Gasteiger partial charge in [-0.05, 0) is 37.3 Å². The maximum absolute atomic E-state index is 12.5. The lowest BCUT2D eigenvalue weighted by molar-refractivity contribution is -0.385. The first kappa shape index (κ1) is 21.0. The minimum Gasteiger partial charge on any atom is -0.490 e. The molecule has 1 atom stereocenters. The molecule has 0 spiro atoms. The normalized spacial score (nSPS) is 16.8. The molecule has 0 aromatic heterocycles. The van der Waals surface area contributed by atoms with Gasteiger partial charge < -0.3 is 14.7 Å². The van der Waals surface area contributed by atoms with E-state index in [0.717, 1.165) is 24.8 Å². The smallest absolute Gasteiger partial charge is 0.311 e.